The lowest BCUT2D eigenvalue weighted by atomic mass is 9.94. The minimum absolute atomic E-state index is 0.125. The molecule has 1 aromatic rings. The lowest BCUT2D eigenvalue weighted by Crippen LogP contribution is -2.27. The molecule has 3 rings (SSSR count). The summed E-state index contributed by atoms with van der Waals surface area (Å²) in [6.07, 6.45) is 2.06. The maximum atomic E-state index is 12.2. The number of hydrogen-bond acceptors (Lipinski definition) is 1. The van der Waals surface area contributed by atoms with Crippen molar-refractivity contribution >= 4 is 11.6 Å². The van der Waals surface area contributed by atoms with Crippen molar-refractivity contribution in [3.8, 4) is 0 Å². The summed E-state index contributed by atoms with van der Waals surface area (Å²) in [5, 5.41) is 0. The van der Waals surface area contributed by atoms with Gasteiger partial charge in [-0.25, -0.2) is 0 Å². The Kier molecular flexibility index (Phi) is 1.78. The fourth-order valence-electron chi connectivity index (χ4n) is 2.74. The molecule has 2 heteroatoms. The standard InChI is InChI=1S/C14H17NO/c1-9(2)10-4-5-11-12(8-10)15(3)13(16)14(11)6-7-14/h4-5,8-9H,6-7H2,1-3H3. The molecule has 1 saturated carbocycles. The summed E-state index contributed by atoms with van der Waals surface area (Å²) in [7, 11) is 1.90. The molecule has 2 aliphatic rings. The molecule has 0 unspecified atom stereocenters. The monoisotopic (exact) mass is 215 g/mol. The van der Waals surface area contributed by atoms with Crippen LogP contribution in [0.25, 0.3) is 0 Å². The first kappa shape index (κ1) is 9.88. The molecule has 0 bridgehead atoms. The highest BCUT2D eigenvalue weighted by molar-refractivity contribution is 6.09. The van der Waals surface area contributed by atoms with E-state index in [1.54, 1.807) is 0 Å². The van der Waals surface area contributed by atoms with Crippen molar-refractivity contribution in [2.24, 2.45) is 0 Å². The van der Waals surface area contributed by atoms with Crippen molar-refractivity contribution < 1.29 is 4.79 Å². The van der Waals surface area contributed by atoms with Crippen LogP contribution in [-0.4, -0.2) is 13.0 Å². The third-order valence-corrected chi connectivity index (χ3v) is 4.03. The molecule has 1 heterocycles. The zero-order valence-corrected chi connectivity index (χ0v) is 10.1. The molecule has 0 N–H and O–H groups in total. The van der Waals surface area contributed by atoms with Gasteiger partial charge in [0.2, 0.25) is 5.91 Å². The third kappa shape index (κ3) is 1.05. The Bertz CT molecular complexity index is 472. The molecule has 1 aliphatic carbocycles. The second-order valence-electron chi connectivity index (χ2n) is 5.38. The van der Waals surface area contributed by atoms with Gasteiger partial charge in [-0.2, -0.15) is 0 Å². The molecule has 1 amide bonds. The van der Waals surface area contributed by atoms with E-state index in [0.717, 1.165) is 18.5 Å². The highest BCUT2D eigenvalue weighted by Crippen LogP contribution is 2.57. The minimum atomic E-state index is -0.125. The summed E-state index contributed by atoms with van der Waals surface area (Å²) in [5.41, 5.74) is 3.58. The van der Waals surface area contributed by atoms with E-state index in [4.69, 9.17) is 0 Å². The van der Waals surface area contributed by atoms with Gasteiger partial charge in [0.05, 0.1) is 5.41 Å². The molecule has 2 nitrogen and oxygen atoms in total. The van der Waals surface area contributed by atoms with Crippen LogP contribution in [0.5, 0.6) is 0 Å². The number of nitrogens with zero attached hydrogens (tertiary/aromatic N) is 1. The van der Waals surface area contributed by atoms with Crippen LogP contribution in [0.2, 0.25) is 0 Å². The number of fused-ring (bicyclic) bond motifs is 2. The van der Waals surface area contributed by atoms with Crippen molar-refractivity contribution in [1.29, 1.82) is 0 Å². The third-order valence-electron chi connectivity index (χ3n) is 4.03. The van der Waals surface area contributed by atoms with Crippen LogP contribution in [-0.2, 0) is 10.2 Å². The Balaban J connectivity index is 2.15. The van der Waals surface area contributed by atoms with Crippen molar-refractivity contribution in [2.75, 3.05) is 11.9 Å². The van der Waals surface area contributed by atoms with E-state index in [-0.39, 0.29) is 5.41 Å². The van der Waals surface area contributed by atoms with E-state index in [0.29, 0.717) is 11.8 Å². The predicted octanol–water partition coefficient (Wildman–Crippen LogP) is 2.82. The van der Waals surface area contributed by atoms with E-state index in [9.17, 15) is 4.79 Å². The highest BCUT2D eigenvalue weighted by atomic mass is 16.2. The average molecular weight is 215 g/mol. The summed E-state index contributed by atoms with van der Waals surface area (Å²) >= 11 is 0. The molecule has 84 valence electrons. The molecule has 0 saturated heterocycles. The number of likely N-dealkylation sites (N-methyl/N-ethyl adjacent to an activating group) is 1. The van der Waals surface area contributed by atoms with Crippen LogP contribution in [0.1, 0.15) is 43.7 Å². The highest BCUT2D eigenvalue weighted by Gasteiger charge is 2.58. The van der Waals surface area contributed by atoms with Gasteiger partial charge in [-0.05, 0) is 36.0 Å². The number of hydrogen-bond donors (Lipinski definition) is 0. The number of amides is 1. The number of anilines is 1. The quantitative estimate of drug-likeness (QED) is 0.705. The second kappa shape index (κ2) is 2.88. The number of rotatable bonds is 1. The second-order valence-corrected chi connectivity index (χ2v) is 5.38. The molecule has 0 radical (unpaired) electrons. The lowest BCUT2D eigenvalue weighted by molar-refractivity contribution is -0.119. The first-order chi connectivity index (χ1) is 7.56. The van der Waals surface area contributed by atoms with Crippen LogP contribution >= 0.6 is 0 Å². The molecule has 0 aromatic heterocycles. The van der Waals surface area contributed by atoms with Gasteiger partial charge in [-0.1, -0.05) is 26.0 Å². The molecule has 1 aliphatic heterocycles. The van der Waals surface area contributed by atoms with Gasteiger partial charge >= 0.3 is 0 Å². The van der Waals surface area contributed by atoms with Gasteiger partial charge in [0.1, 0.15) is 0 Å². The van der Waals surface area contributed by atoms with Crippen LogP contribution in [0.15, 0.2) is 18.2 Å². The Hall–Kier alpha value is -1.31. The topological polar surface area (TPSA) is 20.3 Å². The zero-order chi connectivity index (χ0) is 11.5. The van der Waals surface area contributed by atoms with Gasteiger partial charge in [-0.15, -0.1) is 0 Å². The van der Waals surface area contributed by atoms with Crippen LogP contribution < -0.4 is 4.90 Å². The summed E-state index contributed by atoms with van der Waals surface area (Å²) < 4.78 is 0. The van der Waals surface area contributed by atoms with Gasteiger partial charge in [0.25, 0.3) is 0 Å². The summed E-state index contributed by atoms with van der Waals surface area (Å²) in [5.74, 6) is 0.813. The van der Waals surface area contributed by atoms with E-state index in [2.05, 4.69) is 32.0 Å². The molecular weight excluding hydrogens is 198 g/mol. The van der Waals surface area contributed by atoms with Gasteiger partial charge in [0, 0.05) is 12.7 Å². The first-order valence-electron chi connectivity index (χ1n) is 5.99. The molecular formula is C14H17NO. The smallest absolute Gasteiger partial charge is 0.237 e. The first-order valence-corrected chi connectivity index (χ1v) is 5.99. The van der Waals surface area contributed by atoms with E-state index in [1.165, 1.54) is 11.1 Å². The minimum Gasteiger partial charge on any atom is -0.314 e. The normalized spacial score (nSPS) is 20.8. The largest absolute Gasteiger partial charge is 0.314 e. The van der Waals surface area contributed by atoms with E-state index >= 15 is 0 Å². The van der Waals surface area contributed by atoms with Gasteiger partial charge < -0.3 is 4.90 Å². The molecule has 0 atom stereocenters. The van der Waals surface area contributed by atoms with Gasteiger partial charge in [-0.3, -0.25) is 4.79 Å². The summed E-state index contributed by atoms with van der Waals surface area (Å²) in [6, 6.07) is 6.53. The Morgan fingerprint density at radius 3 is 2.56 bits per heavy atom. The SMILES string of the molecule is CC(C)c1ccc2c(c1)N(C)C(=O)C21CC1. The predicted molar refractivity (Wildman–Crippen MR) is 64.9 cm³/mol. The number of carbonyl (C=O) groups is 1. The average Bonchev–Trinajstić information content (AvgIpc) is 3.04. The van der Waals surface area contributed by atoms with Crippen molar-refractivity contribution in [2.45, 2.75) is 38.0 Å². The molecule has 16 heavy (non-hydrogen) atoms. The van der Waals surface area contributed by atoms with Gasteiger partial charge in [0.15, 0.2) is 0 Å². The molecule has 1 fully saturated rings. The lowest BCUT2D eigenvalue weighted by Gasteiger charge is -2.12. The van der Waals surface area contributed by atoms with Crippen molar-refractivity contribution in [1.82, 2.24) is 0 Å². The Morgan fingerprint density at radius 1 is 1.31 bits per heavy atom. The van der Waals surface area contributed by atoms with E-state index < -0.39 is 0 Å². The fourth-order valence-corrected chi connectivity index (χ4v) is 2.74. The van der Waals surface area contributed by atoms with E-state index in [1.807, 2.05) is 11.9 Å². The summed E-state index contributed by atoms with van der Waals surface area (Å²) in [4.78, 5) is 14.0. The molecule has 1 spiro atoms. The van der Waals surface area contributed by atoms with Crippen LogP contribution in [0, 0.1) is 0 Å². The molecule has 1 aromatic carbocycles. The zero-order valence-electron chi connectivity index (χ0n) is 10.1. The fraction of sp³-hybridized carbons (Fsp3) is 0.500. The number of carbonyl (C=O) groups excluding carboxylic acids is 1. The maximum Gasteiger partial charge on any atom is 0.237 e. The van der Waals surface area contributed by atoms with Crippen LogP contribution in [0.3, 0.4) is 0 Å². The Morgan fingerprint density at radius 2 is 2.00 bits per heavy atom. The number of benzene rings is 1. The maximum absolute atomic E-state index is 12.2. The summed E-state index contributed by atoms with van der Waals surface area (Å²) in [6.45, 7) is 4.37. The van der Waals surface area contributed by atoms with Crippen molar-refractivity contribution in [3.05, 3.63) is 29.3 Å². The van der Waals surface area contributed by atoms with Crippen LogP contribution in [0.4, 0.5) is 5.69 Å². The van der Waals surface area contributed by atoms with Crippen molar-refractivity contribution in [3.63, 3.8) is 0 Å². The Labute approximate surface area is 96.3 Å².